The number of aromatic nitrogens is 1. The highest BCUT2D eigenvalue weighted by atomic mass is 79.9. The van der Waals surface area contributed by atoms with Gasteiger partial charge < -0.3 is 9.15 Å². The van der Waals surface area contributed by atoms with E-state index in [1.54, 1.807) is 54.7 Å². The lowest BCUT2D eigenvalue weighted by atomic mass is 10.1. The maximum atomic E-state index is 13.1. The molecule has 0 unspecified atom stereocenters. The van der Waals surface area contributed by atoms with Gasteiger partial charge in [-0.2, -0.15) is 0 Å². The summed E-state index contributed by atoms with van der Waals surface area (Å²) in [5.41, 5.74) is 1.67. The molecule has 29 heavy (non-hydrogen) atoms. The van der Waals surface area contributed by atoms with Crippen molar-refractivity contribution in [3.8, 4) is 17.1 Å². The highest BCUT2D eigenvalue weighted by molar-refractivity contribution is 9.10. The fraction of sp³-hybridized carbons (Fsp3) is 0.0455. The third-order valence-corrected chi connectivity index (χ3v) is 4.93. The van der Waals surface area contributed by atoms with E-state index in [2.05, 4.69) is 20.9 Å². The molecule has 4 rings (SSSR count). The first-order valence-corrected chi connectivity index (χ1v) is 9.75. The highest BCUT2D eigenvalue weighted by Crippen LogP contribution is 2.32. The summed E-state index contributed by atoms with van der Waals surface area (Å²) >= 11 is 9.24. The molecule has 0 aliphatic carbocycles. The molecule has 0 atom stereocenters. The fourth-order valence-electron chi connectivity index (χ4n) is 2.84. The Hall–Kier alpha value is -2.96. The molecule has 2 aromatic heterocycles. The molecular weight excluding hydrogens is 458 g/mol. The van der Waals surface area contributed by atoms with E-state index in [4.69, 9.17) is 20.8 Å². The molecule has 0 saturated carbocycles. The fourth-order valence-corrected chi connectivity index (χ4v) is 3.33. The molecule has 7 heteroatoms. The summed E-state index contributed by atoms with van der Waals surface area (Å²) in [5, 5.41) is 0.856. The van der Waals surface area contributed by atoms with Crippen LogP contribution in [0.1, 0.15) is 15.9 Å². The minimum atomic E-state index is -0.715. The number of benzene rings is 2. The van der Waals surface area contributed by atoms with Crippen LogP contribution < -0.4 is 10.2 Å². The third-order valence-electron chi connectivity index (χ3n) is 4.25. The normalized spacial score (nSPS) is 10.9. The maximum absolute atomic E-state index is 13.1. The van der Waals surface area contributed by atoms with Gasteiger partial charge in [0.25, 0.3) is 0 Å². The molecule has 4 aromatic rings. The number of rotatable bonds is 3. The van der Waals surface area contributed by atoms with Crippen LogP contribution in [0.25, 0.3) is 22.3 Å². The first-order valence-electron chi connectivity index (χ1n) is 8.58. The second-order valence-corrected chi connectivity index (χ2v) is 7.73. The van der Waals surface area contributed by atoms with E-state index in [0.29, 0.717) is 26.0 Å². The lowest BCUT2D eigenvalue weighted by Gasteiger charge is -2.11. The largest absolute Gasteiger partial charge is 0.452 e. The predicted octanol–water partition coefficient (Wildman–Crippen LogP) is 5.80. The van der Waals surface area contributed by atoms with Gasteiger partial charge in [0.05, 0.1) is 10.9 Å². The van der Waals surface area contributed by atoms with Crippen LogP contribution in [0.2, 0.25) is 5.02 Å². The Balaban J connectivity index is 1.90. The van der Waals surface area contributed by atoms with Gasteiger partial charge in [-0.1, -0.05) is 17.7 Å². The van der Waals surface area contributed by atoms with Crippen LogP contribution in [0.5, 0.6) is 5.75 Å². The SMILES string of the molecule is Cc1ccc2c(=O)c(OC(=O)c3cncc(Br)c3)c(-c3ccc(Cl)cc3)oc2c1. The number of hydrogen-bond donors (Lipinski definition) is 0. The topological polar surface area (TPSA) is 69.4 Å². The number of pyridine rings is 1. The van der Waals surface area contributed by atoms with Crippen molar-refractivity contribution >= 4 is 44.5 Å². The minimum absolute atomic E-state index is 0.154. The predicted molar refractivity (Wildman–Crippen MR) is 115 cm³/mol. The molecule has 0 N–H and O–H groups in total. The van der Waals surface area contributed by atoms with Crippen molar-refractivity contribution in [3.05, 3.63) is 91.8 Å². The molecular formula is C22H13BrClNO4. The second kappa shape index (κ2) is 7.81. The second-order valence-electron chi connectivity index (χ2n) is 6.38. The van der Waals surface area contributed by atoms with Crippen molar-refractivity contribution in [1.82, 2.24) is 4.98 Å². The molecule has 0 fully saturated rings. The van der Waals surface area contributed by atoms with Gasteiger partial charge in [-0.3, -0.25) is 9.78 Å². The molecule has 2 heterocycles. The standard InChI is InChI=1S/C22H13BrClNO4/c1-12-2-7-17-18(8-12)28-20(13-3-5-16(24)6-4-13)21(19(17)26)29-22(27)14-9-15(23)11-25-10-14/h2-11H,1H3. The Bertz CT molecular complexity index is 1300. The van der Waals surface area contributed by atoms with Gasteiger partial charge in [0.2, 0.25) is 11.2 Å². The minimum Gasteiger partial charge on any atom is -0.452 e. The van der Waals surface area contributed by atoms with Crippen LogP contribution in [0.3, 0.4) is 0 Å². The number of carbonyl (C=O) groups is 1. The maximum Gasteiger partial charge on any atom is 0.345 e. The van der Waals surface area contributed by atoms with E-state index >= 15 is 0 Å². The molecule has 0 aliphatic rings. The summed E-state index contributed by atoms with van der Waals surface area (Å²) in [7, 11) is 0. The molecule has 2 aromatic carbocycles. The Morgan fingerprint density at radius 3 is 2.59 bits per heavy atom. The van der Waals surface area contributed by atoms with Gasteiger partial charge in [0, 0.05) is 27.5 Å². The summed E-state index contributed by atoms with van der Waals surface area (Å²) in [6.45, 7) is 1.90. The van der Waals surface area contributed by atoms with E-state index in [-0.39, 0.29) is 17.1 Å². The first-order chi connectivity index (χ1) is 13.9. The Labute approximate surface area is 179 Å². The van der Waals surface area contributed by atoms with E-state index in [1.807, 2.05) is 6.92 Å². The van der Waals surface area contributed by atoms with Crippen LogP contribution >= 0.6 is 27.5 Å². The zero-order chi connectivity index (χ0) is 20.5. The number of carbonyl (C=O) groups excluding carboxylic acids is 1. The Morgan fingerprint density at radius 1 is 1.10 bits per heavy atom. The summed E-state index contributed by atoms with van der Waals surface area (Å²) in [4.78, 5) is 29.8. The van der Waals surface area contributed by atoms with Gasteiger partial charge in [-0.15, -0.1) is 0 Å². The van der Waals surface area contributed by atoms with Crippen LogP contribution in [-0.4, -0.2) is 11.0 Å². The zero-order valence-corrected chi connectivity index (χ0v) is 17.5. The summed E-state index contributed by atoms with van der Waals surface area (Å²) < 4.78 is 12.1. The average molecular weight is 471 g/mol. The molecule has 0 aliphatic heterocycles. The summed E-state index contributed by atoms with van der Waals surface area (Å²) in [5.74, 6) is -0.748. The number of fused-ring (bicyclic) bond motifs is 1. The van der Waals surface area contributed by atoms with E-state index in [0.717, 1.165) is 5.56 Å². The molecule has 0 saturated heterocycles. The van der Waals surface area contributed by atoms with E-state index in [1.165, 1.54) is 6.20 Å². The van der Waals surface area contributed by atoms with E-state index < -0.39 is 11.4 Å². The Morgan fingerprint density at radius 2 is 1.86 bits per heavy atom. The van der Waals surface area contributed by atoms with Crippen LogP contribution in [-0.2, 0) is 0 Å². The number of ether oxygens (including phenoxy) is 1. The van der Waals surface area contributed by atoms with Crippen molar-refractivity contribution in [2.75, 3.05) is 0 Å². The van der Waals surface area contributed by atoms with Crippen molar-refractivity contribution in [2.24, 2.45) is 0 Å². The number of aryl methyl sites for hydroxylation is 1. The van der Waals surface area contributed by atoms with Crippen LogP contribution in [0.15, 0.2) is 74.6 Å². The quantitative estimate of drug-likeness (QED) is 0.354. The summed E-state index contributed by atoms with van der Waals surface area (Å²) in [6, 6.07) is 13.5. The van der Waals surface area contributed by atoms with Crippen molar-refractivity contribution in [3.63, 3.8) is 0 Å². The van der Waals surface area contributed by atoms with Gasteiger partial charge in [-0.05, 0) is 70.9 Å². The molecule has 0 amide bonds. The van der Waals surface area contributed by atoms with Crippen molar-refractivity contribution in [2.45, 2.75) is 6.92 Å². The lowest BCUT2D eigenvalue weighted by molar-refractivity contribution is 0.0731. The average Bonchev–Trinajstić information content (AvgIpc) is 2.70. The van der Waals surface area contributed by atoms with Gasteiger partial charge in [0.1, 0.15) is 5.58 Å². The van der Waals surface area contributed by atoms with Crippen molar-refractivity contribution in [1.29, 1.82) is 0 Å². The summed E-state index contributed by atoms with van der Waals surface area (Å²) in [6.07, 6.45) is 2.91. The number of halogens is 2. The molecule has 0 spiro atoms. The molecule has 5 nitrogen and oxygen atoms in total. The van der Waals surface area contributed by atoms with Gasteiger partial charge >= 0.3 is 5.97 Å². The van der Waals surface area contributed by atoms with Gasteiger partial charge in [-0.25, -0.2) is 4.79 Å². The zero-order valence-electron chi connectivity index (χ0n) is 15.1. The molecule has 0 radical (unpaired) electrons. The van der Waals surface area contributed by atoms with Crippen LogP contribution in [0, 0.1) is 6.92 Å². The molecule has 0 bridgehead atoms. The number of hydrogen-bond acceptors (Lipinski definition) is 5. The van der Waals surface area contributed by atoms with Gasteiger partial charge in [0.15, 0.2) is 5.76 Å². The van der Waals surface area contributed by atoms with E-state index in [9.17, 15) is 9.59 Å². The molecule has 144 valence electrons. The highest BCUT2D eigenvalue weighted by Gasteiger charge is 2.21. The number of esters is 1. The smallest absolute Gasteiger partial charge is 0.345 e. The number of nitrogens with zero attached hydrogens (tertiary/aromatic N) is 1. The monoisotopic (exact) mass is 469 g/mol. The third kappa shape index (κ3) is 3.95. The first kappa shape index (κ1) is 19.4. The Kier molecular flexibility index (Phi) is 5.22. The lowest BCUT2D eigenvalue weighted by Crippen LogP contribution is -2.16. The van der Waals surface area contributed by atoms with Crippen molar-refractivity contribution < 1.29 is 13.9 Å². The van der Waals surface area contributed by atoms with Crippen LogP contribution in [0.4, 0.5) is 0 Å².